The Morgan fingerprint density at radius 2 is 1.89 bits per heavy atom. The standard InChI is InChI=1S/C27H21F3N2O3/c1-34-24-10-9-22(18-6-3-7-19(15-18)26(33)32-12-4-11-31)23-16-21(35-25(23)24)14-17-5-2-8-20(13-17)27(28,29)30/h2-3,5-10,13,15-16H,4,12,14H2,1H3,(H,32,33). The number of rotatable bonds is 7. The molecule has 5 nitrogen and oxygen atoms in total. The van der Waals surface area contributed by atoms with Gasteiger partial charge in [-0.25, -0.2) is 0 Å². The molecule has 3 aromatic carbocycles. The van der Waals surface area contributed by atoms with Gasteiger partial charge in [0.15, 0.2) is 11.3 Å². The number of fused-ring (bicyclic) bond motifs is 1. The zero-order valence-electron chi connectivity index (χ0n) is 18.8. The highest BCUT2D eigenvalue weighted by Crippen LogP contribution is 2.38. The Hall–Kier alpha value is -4.25. The van der Waals surface area contributed by atoms with Crippen LogP contribution in [0.2, 0.25) is 0 Å². The maximum absolute atomic E-state index is 13.1. The number of nitrogens with one attached hydrogen (secondary N) is 1. The van der Waals surface area contributed by atoms with Crippen molar-refractivity contribution in [2.75, 3.05) is 13.7 Å². The first kappa shape index (κ1) is 23.9. The molecule has 0 spiro atoms. The lowest BCUT2D eigenvalue weighted by Gasteiger charge is -2.08. The van der Waals surface area contributed by atoms with Crippen LogP contribution in [0, 0.1) is 11.3 Å². The van der Waals surface area contributed by atoms with Crippen molar-refractivity contribution in [3.05, 3.63) is 89.2 Å². The Balaban J connectivity index is 1.70. The number of nitrogens with zero attached hydrogens (tertiary/aromatic N) is 1. The molecule has 4 aromatic rings. The monoisotopic (exact) mass is 478 g/mol. The molecule has 0 atom stereocenters. The van der Waals surface area contributed by atoms with Gasteiger partial charge in [0, 0.05) is 23.9 Å². The maximum atomic E-state index is 13.1. The normalized spacial score (nSPS) is 11.3. The molecule has 0 saturated carbocycles. The maximum Gasteiger partial charge on any atom is 0.416 e. The molecule has 0 bridgehead atoms. The lowest BCUT2D eigenvalue weighted by atomic mass is 9.98. The van der Waals surface area contributed by atoms with Gasteiger partial charge in [-0.15, -0.1) is 0 Å². The molecule has 0 aliphatic carbocycles. The van der Waals surface area contributed by atoms with E-state index in [1.54, 1.807) is 36.4 Å². The Labute approximate surface area is 199 Å². The fraction of sp³-hybridized carbons (Fsp3) is 0.185. The molecule has 0 radical (unpaired) electrons. The van der Waals surface area contributed by atoms with Gasteiger partial charge in [-0.3, -0.25) is 4.79 Å². The molecule has 0 aliphatic heterocycles. The third kappa shape index (κ3) is 5.30. The van der Waals surface area contributed by atoms with Crippen LogP contribution in [0.25, 0.3) is 22.1 Å². The topological polar surface area (TPSA) is 75.3 Å². The summed E-state index contributed by atoms with van der Waals surface area (Å²) in [6.45, 7) is 0.257. The zero-order valence-corrected chi connectivity index (χ0v) is 18.8. The minimum atomic E-state index is -4.42. The van der Waals surface area contributed by atoms with E-state index >= 15 is 0 Å². The first-order chi connectivity index (χ1) is 16.8. The number of alkyl halides is 3. The van der Waals surface area contributed by atoms with Gasteiger partial charge >= 0.3 is 6.18 Å². The summed E-state index contributed by atoms with van der Waals surface area (Å²) in [6, 6.07) is 19.5. The van der Waals surface area contributed by atoms with Gasteiger partial charge in [0.1, 0.15) is 5.76 Å². The van der Waals surface area contributed by atoms with Crippen molar-refractivity contribution in [1.82, 2.24) is 5.32 Å². The molecule has 1 heterocycles. The fourth-order valence-electron chi connectivity index (χ4n) is 3.87. The van der Waals surface area contributed by atoms with Crippen LogP contribution in [0.1, 0.15) is 33.7 Å². The SMILES string of the molecule is COc1ccc(-c2cccc(C(=O)NCCC#N)c2)c2cc(Cc3cccc(C(F)(F)F)c3)oc12. The first-order valence-corrected chi connectivity index (χ1v) is 10.8. The highest BCUT2D eigenvalue weighted by molar-refractivity contribution is 6.00. The minimum Gasteiger partial charge on any atom is -0.493 e. The van der Waals surface area contributed by atoms with Crippen molar-refractivity contribution in [2.45, 2.75) is 19.0 Å². The summed E-state index contributed by atoms with van der Waals surface area (Å²) >= 11 is 0. The second-order valence-corrected chi connectivity index (χ2v) is 7.89. The van der Waals surface area contributed by atoms with Crippen LogP contribution in [0.3, 0.4) is 0 Å². The molecule has 0 aliphatic rings. The fourth-order valence-corrected chi connectivity index (χ4v) is 3.87. The number of carbonyl (C=O) groups is 1. The predicted octanol–water partition coefficient (Wildman–Crippen LogP) is 6.36. The number of hydrogen-bond donors (Lipinski definition) is 1. The van der Waals surface area contributed by atoms with E-state index in [-0.39, 0.29) is 25.3 Å². The van der Waals surface area contributed by atoms with Crippen molar-refractivity contribution in [3.8, 4) is 22.9 Å². The number of benzene rings is 3. The first-order valence-electron chi connectivity index (χ1n) is 10.8. The number of halogens is 3. The molecular formula is C27H21F3N2O3. The van der Waals surface area contributed by atoms with E-state index in [0.717, 1.165) is 23.3 Å². The average molecular weight is 478 g/mol. The molecule has 0 fully saturated rings. The lowest BCUT2D eigenvalue weighted by molar-refractivity contribution is -0.137. The quantitative estimate of drug-likeness (QED) is 0.314. The largest absolute Gasteiger partial charge is 0.493 e. The van der Waals surface area contributed by atoms with Crippen LogP contribution >= 0.6 is 0 Å². The van der Waals surface area contributed by atoms with Gasteiger partial charge in [-0.1, -0.05) is 30.3 Å². The molecular weight excluding hydrogens is 457 g/mol. The molecule has 8 heteroatoms. The summed E-state index contributed by atoms with van der Waals surface area (Å²) in [4.78, 5) is 12.4. The van der Waals surface area contributed by atoms with E-state index < -0.39 is 11.7 Å². The number of methoxy groups -OCH3 is 1. The zero-order chi connectivity index (χ0) is 25.0. The van der Waals surface area contributed by atoms with Gasteiger partial charge < -0.3 is 14.5 Å². The van der Waals surface area contributed by atoms with E-state index in [9.17, 15) is 18.0 Å². The van der Waals surface area contributed by atoms with Crippen molar-refractivity contribution >= 4 is 16.9 Å². The predicted molar refractivity (Wildman–Crippen MR) is 125 cm³/mol. The van der Waals surface area contributed by atoms with Crippen LogP contribution < -0.4 is 10.1 Å². The van der Waals surface area contributed by atoms with Crippen LogP contribution in [0.15, 0.2) is 71.1 Å². The molecule has 1 amide bonds. The lowest BCUT2D eigenvalue weighted by Crippen LogP contribution is -2.24. The second kappa shape index (κ2) is 9.94. The number of furan rings is 1. The third-order valence-corrected chi connectivity index (χ3v) is 5.51. The van der Waals surface area contributed by atoms with Crippen LogP contribution in [-0.4, -0.2) is 19.6 Å². The van der Waals surface area contributed by atoms with Gasteiger partial charge in [0.2, 0.25) is 0 Å². The van der Waals surface area contributed by atoms with Crippen molar-refractivity contribution < 1.29 is 27.1 Å². The average Bonchev–Trinajstić information content (AvgIpc) is 3.26. The molecule has 0 saturated heterocycles. The molecule has 1 N–H and O–H groups in total. The minimum absolute atomic E-state index is 0.169. The highest BCUT2D eigenvalue weighted by Gasteiger charge is 2.30. The Morgan fingerprint density at radius 3 is 2.63 bits per heavy atom. The number of ether oxygens (including phenoxy) is 1. The van der Waals surface area contributed by atoms with Gasteiger partial charge in [0.05, 0.1) is 25.2 Å². The van der Waals surface area contributed by atoms with E-state index in [1.807, 2.05) is 18.2 Å². The summed E-state index contributed by atoms with van der Waals surface area (Å²) < 4.78 is 50.8. The molecule has 35 heavy (non-hydrogen) atoms. The Morgan fingerprint density at radius 1 is 1.09 bits per heavy atom. The molecule has 178 valence electrons. The number of carbonyl (C=O) groups excluding carboxylic acids is 1. The number of amides is 1. The summed E-state index contributed by atoms with van der Waals surface area (Å²) in [7, 11) is 1.51. The van der Waals surface area contributed by atoms with Gasteiger partial charge in [0.25, 0.3) is 5.91 Å². The van der Waals surface area contributed by atoms with E-state index in [1.165, 1.54) is 13.2 Å². The smallest absolute Gasteiger partial charge is 0.416 e. The highest BCUT2D eigenvalue weighted by atomic mass is 19.4. The van der Waals surface area contributed by atoms with Gasteiger partial charge in [-0.05, 0) is 53.1 Å². The van der Waals surface area contributed by atoms with Crippen molar-refractivity contribution in [1.29, 1.82) is 5.26 Å². The third-order valence-electron chi connectivity index (χ3n) is 5.51. The molecule has 4 rings (SSSR count). The van der Waals surface area contributed by atoms with Crippen molar-refractivity contribution in [2.24, 2.45) is 0 Å². The molecule has 1 aromatic heterocycles. The van der Waals surface area contributed by atoms with Gasteiger partial charge in [-0.2, -0.15) is 18.4 Å². The summed E-state index contributed by atoms with van der Waals surface area (Å²) in [5, 5.41) is 12.1. The summed E-state index contributed by atoms with van der Waals surface area (Å²) in [5.41, 5.74) is 2.21. The Kier molecular flexibility index (Phi) is 6.78. The van der Waals surface area contributed by atoms with E-state index in [2.05, 4.69) is 5.32 Å². The second-order valence-electron chi connectivity index (χ2n) is 7.89. The number of nitriles is 1. The van der Waals surface area contributed by atoms with E-state index in [4.69, 9.17) is 14.4 Å². The van der Waals surface area contributed by atoms with Crippen LogP contribution in [-0.2, 0) is 12.6 Å². The summed E-state index contributed by atoms with van der Waals surface area (Å²) in [5.74, 6) is 0.684. The van der Waals surface area contributed by atoms with Crippen LogP contribution in [0.5, 0.6) is 5.75 Å². The van der Waals surface area contributed by atoms with Crippen LogP contribution in [0.4, 0.5) is 13.2 Å². The Bertz CT molecular complexity index is 1420. The van der Waals surface area contributed by atoms with E-state index in [0.29, 0.717) is 33.6 Å². The van der Waals surface area contributed by atoms with Crippen molar-refractivity contribution in [3.63, 3.8) is 0 Å². The summed E-state index contributed by atoms with van der Waals surface area (Å²) in [6.07, 6.45) is -4.04. The number of hydrogen-bond acceptors (Lipinski definition) is 4. The molecule has 0 unspecified atom stereocenters.